The third-order valence-electron chi connectivity index (χ3n) is 3.67. The summed E-state index contributed by atoms with van der Waals surface area (Å²) in [7, 11) is 0. The van der Waals surface area contributed by atoms with Crippen LogP contribution >= 0.6 is 0 Å². The van der Waals surface area contributed by atoms with Crippen LogP contribution in [-0.4, -0.2) is 26.5 Å². The lowest BCUT2D eigenvalue weighted by atomic mass is 10.0. The summed E-state index contributed by atoms with van der Waals surface area (Å²) in [5.74, 6) is -1.50. The highest BCUT2D eigenvalue weighted by molar-refractivity contribution is 6.04. The predicted molar refractivity (Wildman–Crippen MR) is 96.0 cm³/mol. The zero-order chi connectivity index (χ0) is 18.5. The molecule has 0 aliphatic rings. The fraction of sp³-hybridized carbons (Fsp3) is 0.0526. The van der Waals surface area contributed by atoms with Crippen molar-refractivity contribution in [3.63, 3.8) is 0 Å². The number of pyridine rings is 2. The lowest BCUT2D eigenvalue weighted by molar-refractivity contribution is -0.137. The van der Waals surface area contributed by atoms with E-state index in [4.69, 9.17) is 5.11 Å². The van der Waals surface area contributed by atoms with Crippen LogP contribution in [0.4, 0.5) is 5.69 Å². The minimum atomic E-state index is -1.14. The van der Waals surface area contributed by atoms with Gasteiger partial charge in [0, 0.05) is 35.8 Å². The molecule has 2 aromatic heterocycles. The van der Waals surface area contributed by atoms with Gasteiger partial charge in [-0.2, -0.15) is 0 Å². The summed E-state index contributed by atoms with van der Waals surface area (Å²) < 4.78 is 1.02. The lowest BCUT2D eigenvalue weighted by Gasteiger charge is -2.09. The van der Waals surface area contributed by atoms with Crippen molar-refractivity contribution in [2.45, 2.75) is 6.54 Å². The van der Waals surface area contributed by atoms with Crippen LogP contribution in [-0.2, 0) is 11.3 Å². The number of benzene rings is 1. The molecule has 0 fully saturated rings. The number of carboxylic acid groups (broad SMARTS) is 1. The molecule has 26 heavy (non-hydrogen) atoms. The maximum Gasteiger partial charge on any atom is 0.323 e. The Morgan fingerprint density at radius 3 is 2.62 bits per heavy atom. The molecule has 2 N–H and O–H groups in total. The molecule has 3 rings (SSSR count). The number of hydrogen-bond acceptors (Lipinski definition) is 4. The SMILES string of the molecule is O=C(O)Cn1cc(NC(=O)c2cccc(-c3cccnc3)c2)ccc1=O. The number of carbonyl (C=O) groups excluding carboxylic acids is 1. The van der Waals surface area contributed by atoms with E-state index in [9.17, 15) is 14.4 Å². The van der Waals surface area contributed by atoms with E-state index in [1.54, 1.807) is 30.6 Å². The minimum Gasteiger partial charge on any atom is -0.480 e. The van der Waals surface area contributed by atoms with Crippen molar-refractivity contribution in [3.05, 3.63) is 83.0 Å². The summed E-state index contributed by atoms with van der Waals surface area (Å²) >= 11 is 0. The Balaban J connectivity index is 1.83. The van der Waals surface area contributed by atoms with Crippen LogP contribution in [0.3, 0.4) is 0 Å². The van der Waals surface area contributed by atoms with Gasteiger partial charge in [0.05, 0.1) is 5.69 Å². The molecular formula is C19H15N3O4. The van der Waals surface area contributed by atoms with E-state index in [0.717, 1.165) is 15.7 Å². The van der Waals surface area contributed by atoms with Gasteiger partial charge < -0.3 is 15.0 Å². The molecule has 0 saturated heterocycles. The molecule has 7 heteroatoms. The van der Waals surface area contributed by atoms with Gasteiger partial charge in [0.2, 0.25) is 0 Å². The summed E-state index contributed by atoms with van der Waals surface area (Å²) in [6, 6.07) is 13.4. The third-order valence-corrected chi connectivity index (χ3v) is 3.67. The highest BCUT2D eigenvalue weighted by Gasteiger charge is 2.09. The number of nitrogens with one attached hydrogen (secondary N) is 1. The normalized spacial score (nSPS) is 10.3. The number of nitrogens with zero attached hydrogens (tertiary/aromatic N) is 2. The standard InChI is InChI=1S/C19H15N3O4/c23-17-7-6-16(11-22(17)12-18(24)25)21-19(26)14-4-1-3-13(9-14)15-5-2-8-20-10-15/h1-11H,12H2,(H,21,26)(H,24,25). The molecule has 1 amide bonds. The van der Waals surface area contributed by atoms with E-state index in [1.807, 2.05) is 18.2 Å². The number of amides is 1. The van der Waals surface area contributed by atoms with Crippen LogP contribution < -0.4 is 10.9 Å². The Morgan fingerprint density at radius 1 is 1.08 bits per heavy atom. The first kappa shape index (κ1) is 17.1. The summed E-state index contributed by atoms with van der Waals surface area (Å²) in [5, 5.41) is 11.5. The van der Waals surface area contributed by atoms with Crippen molar-refractivity contribution in [2.75, 3.05) is 5.32 Å². The molecule has 0 aliphatic heterocycles. The smallest absolute Gasteiger partial charge is 0.323 e. The monoisotopic (exact) mass is 349 g/mol. The molecule has 0 aliphatic carbocycles. The van der Waals surface area contributed by atoms with Crippen molar-refractivity contribution in [1.29, 1.82) is 0 Å². The van der Waals surface area contributed by atoms with Gasteiger partial charge in [0.15, 0.2) is 0 Å². The molecule has 3 aromatic rings. The first-order chi connectivity index (χ1) is 12.5. The Kier molecular flexibility index (Phi) is 4.89. The Morgan fingerprint density at radius 2 is 1.88 bits per heavy atom. The van der Waals surface area contributed by atoms with Gasteiger partial charge in [-0.15, -0.1) is 0 Å². The second-order valence-corrected chi connectivity index (χ2v) is 5.55. The van der Waals surface area contributed by atoms with Crippen LogP contribution in [0.15, 0.2) is 71.9 Å². The highest BCUT2D eigenvalue weighted by atomic mass is 16.4. The van der Waals surface area contributed by atoms with E-state index >= 15 is 0 Å². The quantitative estimate of drug-likeness (QED) is 0.736. The van der Waals surface area contributed by atoms with E-state index in [0.29, 0.717) is 11.3 Å². The minimum absolute atomic E-state index is 0.336. The number of aliphatic carboxylic acids is 1. The molecule has 0 saturated carbocycles. The van der Waals surface area contributed by atoms with Crippen molar-refractivity contribution in [1.82, 2.24) is 9.55 Å². The Labute approximate surface area is 148 Å². The summed E-state index contributed by atoms with van der Waals surface area (Å²) in [6.45, 7) is -0.473. The van der Waals surface area contributed by atoms with Crippen LogP contribution in [0.25, 0.3) is 11.1 Å². The molecule has 0 spiro atoms. The number of aromatic nitrogens is 2. The topological polar surface area (TPSA) is 101 Å². The molecule has 130 valence electrons. The number of carbonyl (C=O) groups is 2. The Hall–Kier alpha value is -3.74. The number of hydrogen-bond donors (Lipinski definition) is 2. The van der Waals surface area contributed by atoms with Crippen molar-refractivity contribution >= 4 is 17.6 Å². The molecule has 1 aromatic carbocycles. The maximum absolute atomic E-state index is 12.5. The van der Waals surface area contributed by atoms with Gasteiger partial charge in [0.1, 0.15) is 6.54 Å². The van der Waals surface area contributed by atoms with Gasteiger partial charge in [-0.25, -0.2) is 0 Å². The Bertz CT molecular complexity index is 1010. The molecule has 7 nitrogen and oxygen atoms in total. The van der Waals surface area contributed by atoms with Gasteiger partial charge in [-0.3, -0.25) is 19.4 Å². The fourth-order valence-electron chi connectivity index (χ4n) is 2.45. The average molecular weight is 349 g/mol. The summed E-state index contributed by atoms with van der Waals surface area (Å²) in [6.07, 6.45) is 4.68. The van der Waals surface area contributed by atoms with E-state index in [2.05, 4.69) is 10.3 Å². The van der Waals surface area contributed by atoms with E-state index < -0.39 is 18.1 Å². The predicted octanol–water partition coefficient (Wildman–Crippen LogP) is 2.25. The van der Waals surface area contributed by atoms with Crippen molar-refractivity contribution in [3.8, 4) is 11.1 Å². The van der Waals surface area contributed by atoms with Gasteiger partial charge in [0.25, 0.3) is 11.5 Å². The van der Waals surface area contributed by atoms with Crippen LogP contribution in [0.5, 0.6) is 0 Å². The molecular weight excluding hydrogens is 334 g/mol. The van der Waals surface area contributed by atoms with Gasteiger partial charge in [-0.05, 0) is 29.8 Å². The average Bonchev–Trinajstić information content (AvgIpc) is 2.65. The molecule has 0 radical (unpaired) electrons. The molecule has 2 heterocycles. The van der Waals surface area contributed by atoms with Gasteiger partial charge >= 0.3 is 5.97 Å². The van der Waals surface area contributed by atoms with E-state index in [1.165, 1.54) is 18.3 Å². The molecule has 0 atom stereocenters. The van der Waals surface area contributed by atoms with E-state index in [-0.39, 0.29) is 5.91 Å². The highest BCUT2D eigenvalue weighted by Crippen LogP contribution is 2.19. The van der Waals surface area contributed by atoms with Crippen LogP contribution in [0.1, 0.15) is 10.4 Å². The van der Waals surface area contributed by atoms with Crippen LogP contribution in [0.2, 0.25) is 0 Å². The number of rotatable bonds is 5. The van der Waals surface area contributed by atoms with Crippen LogP contribution in [0, 0.1) is 0 Å². The zero-order valence-corrected chi connectivity index (χ0v) is 13.6. The lowest BCUT2D eigenvalue weighted by Crippen LogP contribution is -2.24. The second kappa shape index (κ2) is 7.43. The summed E-state index contributed by atoms with van der Waals surface area (Å²) in [4.78, 5) is 39.0. The number of carboxylic acids is 1. The third kappa shape index (κ3) is 4.02. The fourth-order valence-corrected chi connectivity index (χ4v) is 2.45. The largest absolute Gasteiger partial charge is 0.480 e. The molecule has 0 unspecified atom stereocenters. The maximum atomic E-state index is 12.5. The first-order valence-electron chi connectivity index (χ1n) is 7.77. The first-order valence-corrected chi connectivity index (χ1v) is 7.77. The van der Waals surface area contributed by atoms with Crippen molar-refractivity contribution in [2.24, 2.45) is 0 Å². The zero-order valence-electron chi connectivity index (χ0n) is 13.6. The number of anilines is 1. The second-order valence-electron chi connectivity index (χ2n) is 5.55. The molecule has 0 bridgehead atoms. The van der Waals surface area contributed by atoms with Crippen molar-refractivity contribution < 1.29 is 14.7 Å². The van der Waals surface area contributed by atoms with Gasteiger partial charge in [-0.1, -0.05) is 18.2 Å². The summed E-state index contributed by atoms with van der Waals surface area (Å²) in [5.41, 5.74) is 2.05.